The van der Waals surface area contributed by atoms with Crippen LogP contribution in [0.3, 0.4) is 0 Å². The Kier molecular flexibility index (Phi) is 5.23. The molecule has 0 aliphatic rings. The minimum absolute atomic E-state index is 0.203. The van der Waals surface area contributed by atoms with E-state index in [0.717, 1.165) is 6.42 Å². The van der Waals surface area contributed by atoms with Gasteiger partial charge in [0.15, 0.2) is 0 Å². The van der Waals surface area contributed by atoms with Crippen molar-refractivity contribution in [3.05, 3.63) is 35.1 Å². The highest BCUT2D eigenvalue weighted by molar-refractivity contribution is 7.80. The predicted molar refractivity (Wildman–Crippen MR) is 76.0 cm³/mol. The topological polar surface area (TPSA) is 35.2 Å². The predicted octanol–water partition coefficient (Wildman–Crippen LogP) is 3.41. The van der Waals surface area contributed by atoms with Gasteiger partial charge in [-0.2, -0.15) is 0 Å². The van der Waals surface area contributed by atoms with E-state index in [1.54, 1.807) is 12.1 Å². The van der Waals surface area contributed by atoms with Gasteiger partial charge >= 0.3 is 0 Å². The standard InChI is InChI=1S/C14H20FNOS/c1-14(2,3)6-7-17-9-11-5-4-10(13(16)18)8-12(11)15/h4-5,8H,6-7,9H2,1-3H3,(H2,16,18). The van der Waals surface area contributed by atoms with E-state index < -0.39 is 0 Å². The summed E-state index contributed by atoms with van der Waals surface area (Å²) in [6.07, 6.45) is 0.944. The van der Waals surface area contributed by atoms with Gasteiger partial charge in [-0.05, 0) is 17.9 Å². The summed E-state index contributed by atoms with van der Waals surface area (Å²) in [5, 5.41) is 0. The number of hydrogen-bond acceptors (Lipinski definition) is 2. The van der Waals surface area contributed by atoms with Gasteiger partial charge in [0.1, 0.15) is 10.8 Å². The molecule has 0 unspecified atom stereocenters. The van der Waals surface area contributed by atoms with Crippen LogP contribution < -0.4 is 5.73 Å². The molecule has 1 aromatic carbocycles. The van der Waals surface area contributed by atoms with Gasteiger partial charge in [0.2, 0.25) is 0 Å². The van der Waals surface area contributed by atoms with Crippen molar-refractivity contribution in [3.63, 3.8) is 0 Å². The summed E-state index contributed by atoms with van der Waals surface area (Å²) in [5.74, 6) is -0.323. The molecule has 0 amide bonds. The molecular weight excluding hydrogens is 249 g/mol. The maximum absolute atomic E-state index is 13.7. The van der Waals surface area contributed by atoms with Crippen molar-refractivity contribution >= 4 is 17.2 Å². The van der Waals surface area contributed by atoms with Crippen molar-refractivity contribution < 1.29 is 9.13 Å². The molecular formula is C14H20FNOS. The van der Waals surface area contributed by atoms with Crippen molar-refractivity contribution in [3.8, 4) is 0 Å². The number of nitrogens with two attached hydrogens (primary N) is 1. The van der Waals surface area contributed by atoms with E-state index in [2.05, 4.69) is 20.8 Å². The lowest BCUT2D eigenvalue weighted by Crippen LogP contribution is -2.11. The zero-order valence-corrected chi connectivity index (χ0v) is 11.9. The molecule has 0 radical (unpaired) electrons. The number of hydrogen-bond donors (Lipinski definition) is 1. The van der Waals surface area contributed by atoms with E-state index >= 15 is 0 Å². The lowest BCUT2D eigenvalue weighted by molar-refractivity contribution is 0.0943. The first kappa shape index (κ1) is 15.1. The second-order valence-electron chi connectivity index (χ2n) is 5.53. The third-order valence-electron chi connectivity index (χ3n) is 2.59. The molecule has 0 aliphatic heterocycles. The first-order chi connectivity index (χ1) is 8.29. The van der Waals surface area contributed by atoms with Crippen LogP contribution in [0.25, 0.3) is 0 Å². The Balaban J connectivity index is 2.51. The molecule has 0 aliphatic carbocycles. The van der Waals surface area contributed by atoms with E-state index in [4.69, 9.17) is 22.7 Å². The second-order valence-corrected chi connectivity index (χ2v) is 5.97. The largest absolute Gasteiger partial charge is 0.389 e. The molecule has 18 heavy (non-hydrogen) atoms. The van der Waals surface area contributed by atoms with Gasteiger partial charge in [0.05, 0.1) is 6.61 Å². The van der Waals surface area contributed by atoms with Crippen LogP contribution in [0.1, 0.15) is 38.3 Å². The Labute approximate surface area is 113 Å². The summed E-state index contributed by atoms with van der Waals surface area (Å²) >= 11 is 4.79. The Morgan fingerprint density at radius 1 is 1.39 bits per heavy atom. The van der Waals surface area contributed by atoms with Crippen molar-refractivity contribution in [2.45, 2.75) is 33.8 Å². The molecule has 2 N–H and O–H groups in total. The fourth-order valence-electron chi connectivity index (χ4n) is 1.38. The van der Waals surface area contributed by atoms with Crippen LogP contribution in [0.5, 0.6) is 0 Å². The third-order valence-corrected chi connectivity index (χ3v) is 2.83. The summed E-state index contributed by atoms with van der Waals surface area (Å²) in [7, 11) is 0. The van der Waals surface area contributed by atoms with Crippen LogP contribution in [0.4, 0.5) is 4.39 Å². The average Bonchev–Trinajstić information content (AvgIpc) is 2.24. The fraction of sp³-hybridized carbons (Fsp3) is 0.500. The molecule has 0 heterocycles. The normalized spacial score (nSPS) is 11.6. The molecule has 0 fully saturated rings. The maximum Gasteiger partial charge on any atom is 0.129 e. The molecule has 0 atom stereocenters. The summed E-state index contributed by atoms with van der Waals surface area (Å²) < 4.78 is 19.1. The highest BCUT2D eigenvalue weighted by Gasteiger charge is 2.10. The van der Waals surface area contributed by atoms with Gasteiger partial charge in [-0.25, -0.2) is 4.39 Å². The van der Waals surface area contributed by atoms with Gasteiger partial charge < -0.3 is 10.5 Å². The van der Waals surface area contributed by atoms with Gasteiger partial charge in [0.25, 0.3) is 0 Å². The van der Waals surface area contributed by atoms with E-state index in [9.17, 15) is 4.39 Å². The van der Waals surface area contributed by atoms with Crippen LogP contribution in [0.15, 0.2) is 18.2 Å². The van der Waals surface area contributed by atoms with Crippen LogP contribution in [0, 0.1) is 11.2 Å². The molecule has 0 saturated carbocycles. The van der Waals surface area contributed by atoms with Crippen molar-refractivity contribution in [1.82, 2.24) is 0 Å². The van der Waals surface area contributed by atoms with E-state index in [1.165, 1.54) is 6.07 Å². The number of benzene rings is 1. The van der Waals surface area contributed by atoms with Crippen LogP contribution in [-0.4, -0.2) is 11.6 Å². The minimum atomic E-state index is -0.323. The summed E-state index contributed by atoms with van der Waals surface area (Å²) in [4.78, 5) is 0.203. The average molecular weight is 269 g/mol. The number of thiocarbonyl (C=S) groups is 1. The quantitative estimate of drug-likeness (QED) is 0.657. The van der Waals surface area contributed by atoms with Gasteiger partial charge in [-0.3, -0.25) is 0 Å². The van der Waals surface area contributed by atoms with E-state index in [1.807, 2.05) is 0 Å². The molecule has 4 heteroatoms. The van der Waals surface area contributed by atoms with E-state index in [-0.39, 0.29) is 22.8 Å². The third kappa shape index (κ3) is 5.10. The molecule has 2 nitrogen and oxygen atoms in total. The lowest BCUT2D eigenvalue weighted by atomic mass is 9.93. The lowest BCUT2D eigenvalue weighted by Gasteiger charge is -2.17. The highest BCUT2D eigenvalue weighted by atomic mass is 32.1. The monoisotopic (exact) mass is 269 g/mol. The zero-order chi connectivity index (χ0) is 13.8. The first-order valence-electron chi connectivity index (χ1n) is 5.95. The smallest absolute Gasteiger partial charge is 0.129 e. The Hall–Kier alpha value is -1.00. The molecule has 1 rings (SSSR count). The second kappa shape index (κ2) is 6.25. The Morgan fingerprint density at radius 2 is 2.06 bits per heavy atom. The Bertz CT molecular complexity index is 426. The van der Waals surface area contributed by atoms with Crippen LogP contribution in [0.2, 0.25) is 0 Å². The van der Waals surface area contributed by atoms with Crippen molar-refractivity contribution in [1.29, 1.82) is 0 Å². The molecule has 0 spiro atoms. The van der Waals surface area contributed by atoms with Crippen molar-refractivity contribution in [2.24, 2.45) is 11.1 Å². The fourth-order valence-corrected chi connectivity index (χ4v) is 1.51. The van der Waals surface area contributed by atoms with Gasteiger partial charge in [0, 0.05) is 17.7 Å². The molecule has 0 bridgehead atoms. The highest BCUT2D eigenvalue weighted by Crippen LogP contribution is 2.19. The summed E-state index contributed by atoms with van der Waals surface area (Å²) in [6, 6.07) is 4.74. The number of rotatable bonds is 5. The zero-order valence-electron chi connectivity index (χ0n) is 11.1. The van der Waals surface area contributed by atoms with Crippen LogP contribution in [-0.2, 0) is 11.3 Å². The molecule has 0 aromatic heterocycles. The first-order valence-corrected chi connectivity index (χ1v) is 6.36. The number of ether oxygens (including phenoxy) is 1. The minimum Gasteiger partial charge on any atom is -0.389 e. The molecule has 0 saturated heterocycles. The van der Waals surface area contributed by atoms with E-state index in [0.29, 0.717) is 17.7 Å². The summed E-state index contributed by atoms with van der Waals surface area (Å²) in [5.41, 5.74) is 6.74. The summed E-state index contributed by atoms with van der Waals surface area (Å²) in [6.45, 7) is 7.34. The van der Waals surface area contributed by atoms with Crippen LogP contribution >= 0.6 is 12.2 Å². The van der Waals surface area contributed by atoms with Gasteiger partial charge in [-0.15, -0.1) is 0 Å². The maximum atomic E-state index is 13.7. The van der Waals surface area contributed by atoms with Crippen molar-refractivity contribution in [2.75, 3.05) is 6.61 Å². The van der Waals surface area contributed by atoms with Gasteiger partial charge in [-0.1, -0.05) is 45.1 Å². The SMILES string of the molecule is CC(C)(C)CCOCc1ccc(C(N)=S)cc1F. The molecule has 100 valence electrons. The molecule has 1 aromatic rings. The number of halogens is 1. The Morgan fingerprint density at radius 3 is 2.56 bits per heavy atom.